The van der Waals surface area contributed by atoms with E-state index in [1.807, 2.05) is 6.07 Å². The zero-order valence-electron chi connectivity index (χ0n) is 17.5. The molecule has 1 aromatic carbocycles. The lowest BCUT2D eigenvalue weighted by molar-refractivity contribution is -0.134. The molecule has 0 bridgehead atoms. The molecule has 0 atom stereocenters. The van der Waals surface area contributed by atoms with E-state index in [1.54, 1.807) is 4.90 Å². The molecule has 158 valence electrons. The van der Waals surface area contributed by atoms with E-state index in [0.717, 1.165) is 25.7 Å². The summed E-state index contributed by atoms with van der Waals surface area (Å²) in [6.45, 7) is 0.303. The standard InChI is InChI=1S/C21H31N5O3/c1-24(2)21(16-7-5-4-6-8-16)11-9-20(10-12-21)15-26(19(29)23-20)14-18(28)25(3)13-17(22)27/h4-8H,9-15H2,1-3H3,(H2,22,27)(H,23,29)/t20-,21+. The molecule has 1 spiro atoms. The van der Waals surface area contributed by atoms with E-state index in [9.17, 15) is 14.4 Å². The third-order valence-corrected chi connectivity index (χ3v) is 6.50. The number of hydrogen-bond acceptors (Lipinski definition) is 4. The van der Waals surface area contributed by atoms with Crippen molar-refractivity contribution in [3.63, 3.8) is 0 Å². The van der Waals surface area contributed by atoms with E-state index in [-0.39, 0.29) is 36.1 Å². The summed E-state index contributed by atoms with van der Waals surface area (Å²) in [7, 11) is 5.73. The largest absolute Gasteiger partial charge is 0.368 e. The van der Waals surface area contributed by atoms with Crippen LogP contribution in [0.4, 0.5) is 4.79 Å². The number of urea groups is 1. The minimum atomic E-state index is -0.573. The molecule has 8 nitrogen and oxygen atoms in total. The molecule has 1 saturated heterocycles. The number of rotatable bonds is 6. The summed E-state index contributed by atoms with van der Waals surface area (Å²) >= 11 is 0. The van der Waals surface area contributed by atoms with Crippen LogP contribution in [0.25, 0.3) is 0 Å². The molecular weight excluding hydrogens is 370 g/mol. The van der Waals surface area contributed by atoms with Crippen molar-refractivity contribution >= 4 is 17.8 Å². The number of carbonyl (C=O) groups is 3. The Labute approximate surface area is 172 Å². The summed E-state index contributed by atoms with van der Waals surface area (Å²) in [5.41, 5.74) is 6.08. The number of likely N-dealkylation sites (N-methyl/N-ethyl adjacent to an activating group) is 1. The van der Waals surface area contributed by atoms with Gasteiger partial charge in [-0.15, -0.1) is 0 Å². The van der Waals surface area contributed by atoms with E-state index in [0.29, 0.717) is 6.54 Å². The SMILES string of the molecule is CN(CC(N)=O)C(=O)CN1C[C@]2(CC[C@](c3ccccc3)(N(C)C)CC2)NC1=O. The van der Waals surface area contributed by atoms with E-state index in [2.05, 4.69) is 48.6 Å². The summed E-state index contributed by atoms with van der Waals surface area (Å²) in [6.07, 6.45) is 3.53. The minimum Gasteiger partial charge on any atom is -0.368 e. The van der Waals surface area contributed by atoms with Crippen molar-refractivity contribution < 1.29 is 14.4 Å². The van der Waals surface area contributed by atoms with E-state index >= 15 is 0 Å². The molecule has 2 aliphatic rings. The number of primary amides is 1. The highest BCUT2D eigenvalue weighted by Crippen LogP contribution is 2.45. The van der Waals surface area contributed by atoms with Gasteiger partial charge in [0.25, 0.3) is 0 Å². The van der Waals surface area contributed by atoms with Crippen LogP contribution in [0.15, 0.2) is 30.3 Å². The van der Waals surface area contributed by atoms with Crippen LogP contribution in [0.2, 0.25) is 0 Å². The van der Waals surface area contributed by atoms with Crippen molar-refractivity contribution in [3.8, 4) is 0 Å². The average Bonchev–Trinajstić information content (AvgIpc) is 2.97. The van der Waals surface area contributed by atoms with Crippen LogP contribution < -0.4 is 11.1 Å². The van der Waals surface area contributed by atoms with Crippen LogP contribution in [0.1, 0.15) is 31.2 Å². The lowest BCUT2D eigenvalue weighted by Gasteiger charge is -2.48. The van der Waals surface area contributed by atoms with E-state index < -0.39 is 5.91 Å². The van der Waals surface area contributed by atoms with Crippen LogP contribution in [0.5, 0.6) is 0 Å². The maximum Gasteiger partial charge on any atom is 0.318 e. The van der Waals surface area contributed by atoms with Crippen LogP contribution in [0, 0.1) is 0 Å². The molecule has 3 rings (SSSR count). The fourth-order valence-electron chi connectivity index (χ4n) is 4.68. The molecule has 1 saturated carbocycles. The fraction of sp³-hybridized carbons (Fsp3) is 0.571. The summed E-state index contributed by atoms with van der Waals surface area (Å²) in [4.78, 5) is 41.0. The lowest BCUT2D eigenvalue weighted by Crippen LogP contribution is -2.54. The Kier molecular flexibility index (Phi) is 5.84. The first kappa shape index (κ1) is 21.1. The highest BCUT2D eigenvalue weighted by Gasteiger charge is 2.50. The first-order valence-electron chi connectivity index (χ1n) is 10.00. The van der Waals surface area contributed by atoms with Crippen LogP contribution in [0.3, 0.4) is 0 Å². The second-order valence-corrected chi connectivity index (χ2v) is 8.57. The Hall–Kier alpha value is -2.61. The number of benzene rings is 1. The predicted molar refractivity (Wildman–Crippen MR) is 110 cm³/mol. The quantitative estimate of drug-likeness (QED) is 0.734. The Morgan fingerprint density at radius 3 is 2.28 bits per heavy atom. The number of nitrogens with two attached hydrogens (primary N) is 1. The third-order valence-electron chi connectivity index (χ3n) is 6.50. The van der Waals surface area contributed by atoms with Gasteiger partial charge < -0.3 is 20.9 Å². The highest BCUT2D eigenvalue weighted by atomic mass is 16.2. The van der Waals surface area contributed by atoms with Crippen molar-refractivity contribution in [2.75, 3.05) is 40.8 Å². The smallest absolute Gasteiger partial charge is 0.318 e. The molecule has 8 heteroatoms. The van der Waals surface area contributed by atoms with Gasteiger partial charge in [0.05, 0.1) is 12.1 Å². The summed E-state index contributed by atoms with van der Waals surface area (Å²) in [5, 5.41) is 3.14. The maximum absolute atomic E-state index is 12.5. The van der Waals surface area contributed by atoms with E-state index in [4.69, 9.17) is 5.73 Å². The molecule has 1 heterocycles. The van der Waals surface area contributed by atoms with Crippen molar-refractivity contribution in [1.82, 2.24) is 20.0 Å². The van der Waals surface area contributed by atoms with Crippen LogP contribution in [-0.4, -0.2) is 78.9 Å². The predicted octanol–water partition coefficient (Wildman–Crippen LogP) is 0.725. The molecule has 0 radical (unpaired) electrons. The molecular formula is C21H31N5O3. The zero-order chi connectivity index (χ0) is 21.2. The molecule has 2 fully saturated rings. The Bertz CT molecular complexity index is 772. The number of nitrogens with one attached hydrogen (secondary N) is 1. The van der Waals surface area contributed by atoms with Gasteiger partial charge in [0.2, 0.25) is 11.8 Å². The van der Waals surface area contributed by atoms with Gasteiger partial charge in [0, 0.05) is 19.1 Å². The molecule has 0 unspecified atom stereocenters. The first-order valence-corrected chi connectivity index (χ1v) is 10.00. The summed E-state index contributed by atoms with van der Waals surface area (Å²) in [6, 6.07) is 10.3. The molecule has 0 aromatic heterocycles. The maximum atomic E-state index is 12.5. The fourth-order valence-corrected chi connectivity index (χ4v) is 4.68. The molecule has 1 aromatic rings. The second-order valence-electron chi connectivity index (χ2n) is 8.57. The number of carbonyl (C=O) groups excluding carboxylic acids is 3. The summed E-state index contributed by atoms with van der Waals surface area (Å²) in [5.74, 6) is -0.866. The van der Waals surface area contributed by atoms with Gasteiger partial charge >= 0.3 is 6.03 Å². The van der Waals surface area contributed by atoms with Crippen molar-refractivity contribution in [1.29, 1.82) is 0 Å². The Balaban J connectivity index is 1.67. The van der Waals surface area contributed by atoms with Gasteiger partial charge in [0.15, 0.2) is 0 Å². The second kappa shape index (κ2) is 8.02. The van der Waals surface area contributed by atoms with Crippen molar-refractivity contribution in [3.05, 3.63) is 35.9 Å². The third kappa shape index (κ3) is 4.22. The minimum absolute atomic E-state index is 0.0468. The van der Waals surface area contributed by atoms with Crippen molar-refractivity contribution in [2.24, 2.45) is 5.73 Å². The summed E-state index contributed by atoms with van der Waals surface area (Å²) < 4.78 is 0. The van der Waals surface area contributed by atoms with Gasteiger partial charge in [-0.1, -0.05) is 30.3 Å². The van der Waals surface area contributed by atoms with Crippen LogP contribution in [-0.2, 0) is 15.1 Å². The normalized spacial score (nSPS) is 26.6. The van der Waals surface area contributed by atoms with E-state index in [1.165, 1.54) is 17.5 Å². The monoisotopic (exact) mass is 401 g/mol. The average molecular weight is 402 g/mol. The molecule has 29 heavy (non-hydrogen) atoms. The number of nitrogens with zero attached hydrogens (tertiary/aromatic N) is 3. The molecule has 3 N–H and O–H groups in total. The van der Waals surface area contributed by atoms with Gasteiger partial charge in [-0.05, 0) is 45.3 Å². The molecule has 1 aliphatic carbocycles. The highest BCUT2D eigenvalue weighted by molar-refractivity contribution is 5.88. The number of amides is 4. The van der Waals surface area contributed by atoms with Gasteiger partial charge in [-0.2, -0.15) is 0 Å². The van der Waals surface area contributed by atoms with Crippen LogP contribution >= 0.6 is 0 Å². The first-order chi connectivity index (χ1) is 13.7. The Morgan fingerprint density at radius 2 is 1.72 bits per heavy atom. The van der Waals surface area contributed by atoms with Gasteiger partial charge in [-0.3, -0.25) is 14.5 Å². The topological polar surface area (TPSA) is 99.0 Å². The molecule has 1 aliphatic heterocycles. The van der Waals surface area contributed by atoms with Crippen molar-refractivity contribution in [2.45, 2.75) is 36.8 Å². The number of hydrogen-bond donors (Lipinski definition) is 2. The lowest BCUT2D eigenvalue weighted by atomic mass is 9.69. The zero-order valence-corrected chi connectivity index (χ0v) is 17.5. The molecule has 4 amide bonds. The Morgan fingerprint density at radius 1 is 1.10 bits per heavy atom. The van der Waals surface area contributed by atoms with Gasteiger partial charge in [0.1, 0.15) is 6.54 Å². The van der Waals surface area contributed by atoms with Gasteiger partial charge in [-0.25, -0.2) is 4.79 Å².